The molecule has 1 aromatic carbocycles. The standard InChI is InChI=1S/C22H23ClN6O3S/c1-13-15(19(23)27(3)25-13)8-9-18(30)28-10-5-11-29(28)20(31)14-6-7-16-17(12-14)24-22(33-4)26(2)21(16)32/h6-9,12H,5,10-11H2,1-4H3/b9-8+. The maximum atomic E-state index is 13.3. The van der Waals surface area contributed by atoms with E-state index in [1.807, 2.05) is 13.2 Å². The third-order valence-corrected chi connectivity index (χ3v) is 6.75. The fourth-order valence-corrected chi connectivity index (χ4v) is 4.63. The number of carbonyl (C=O) groups excluding carboxylic acids is 2. The van der Waals surface area contributed by atoms with Gasteiger partial charge < -0.3 is 0 Å². The van der Waals surface area contributed by atoms with E-state index in [9.17, 15) is 14.4 Å². The molecule has 1 saturated heterocycles. The smallest absolute Gasteiger partial charge is 0.272 e. The number of aryl methyl sites for hydroxylation is 2. The Morgan fingerprint density at radius 1 is 1.18 bits per heavy atom. The van der Waals surface area contributed by atoms with Crippen LogP contribution in [0.5, 0.6) is 0 Å². The molecule has 1 aliphatic heterocycles. The van der Waals surface area contributed by atoms with Crippen molar-refractivity contribution in [2.45, 2.75) is 18.5 Å². The lowest BCUT2D eigenvalue weighted by atomic mass is 10.1. The van der Waals surface area contributed by atoms with Gasteiger partial charge in [0.1, 0.15) is 5.15 Å². The minimum Gasteiger partial charge on any atom is -0.290 e. The molecule has 0 saturated carbocycles. The van der Waals surface area contributed by atoms with Crippen LogP contribution in [0.1, 0.15) is 28.0 Å². The number of hydrazine groups is 1. The first-order chi connectivity index (χ1) is 15.7. The number of aromatic nitrogens is 4. The van der Waals surface area contributed by atoms with Crippen LogP contribution in [-0.4, -0.2) is 60.5 Å². The van der Waals surface area contributed by atoms with Gasteiger partial charge in [-0.15, -0.1) is 0 Å². The third-order valence-electron chi connectivity index (χ3n) is 5.57. The zero-order chi connectivity index (χ0) is 23.9. The second-order valence-electron chi connectivity index (χ2n) is 7.68. The molecule has 3 heterocycles. The second kappa shape index (κ2) is 9.03. The van der Waals surface area contributed by atoms with Crippen LogP contribution in [0.15, 0.2) is 34.2 Å². The number of benzene rings is 1. The van der Waals surface area contributed by atoms with E-state index in [-0.39, 0.29) is 17.4 Å². The first-order valence-corrected chi connectivity index (χ1v) is 11.9. The predicted molar refractivity (Wildman–Crippen MR) is 128 cm³/mol. The van der Waals surface area contributed by atoms with Crippen molar-refractivity contribution in [3.8, 4) is 0 Å². The van der Waals surface area contributed by atoms with Crippen molar-refractivity contribution in [1.29, 1.82) is 0 Å². The highest BCUT2D eigenvalue weighted by molar-refractivity contribution is 7.98. The summed E-state index contributed by atoms with van der Waals surface area (Å²) in [7, 11) is 3.40. The van der Waals surface area contributed by atoms with Crippen LogP contribution >= 0.6 is 23.4 Å². The lowest BCUT2D eigenvalue weighted by Gasteiger charge is -2.27. The van der Waals surface area contributed by atoms with Crippen molar-refractivity contribution in [2.24, 2.45) is 14.1 Å². The van der Waals surface area contributed by atoms with Gasteiger partial charge in [-0.25, -0.2) is 15.0 Å². The average molecular weight is 487 g/mol. The van der Waals surface area contributed by atoms with Gasteiger partial charge in [-0.2, -0.15) is 5.10 Å². The molecule has 9 nitrogen and oxygen atoms in total. The first kappa shape index (κ1) is 23.1. The lowest BCUT2D eigenvalue weighted by molar-refractivity contribution is -0.134. The third kappa shape index (κ3) is 4.16. The summed E-state index contributed by atoms with van der Waals surface area (Å²) in [5.74, 6) is -0.641. The Balaban J connectivity index is 1.60. The topological polar surface area (TPSA) is 93.3 Å². The number of thioether (sulfide) groups is 1. The maximum Gasteiger partial charge on any atom is 0.272 e. The Labute approximate surface area is 199 Å². The van der Waals surface area contributed by atoms with Gasteiger partial charge in [0, 0.05) is 44.4 Å². The van der Waals surface area contributed by atoms with Crippen molar-refractivity contribution in [3.05, 3.63) is 56.6 Å². The number of hydrogen-bond donors (Lipinski definition) is 0. The van der Waals surface area contributed by atoms with Crippen LogP contribution in [0.4, 0.5) is 0 Å². The zero-order valence-electron chi connectivity index (χ0n) is 18.7. The summed E-state index contributed by atoms with van der Waals surface area (Å²) in [5, 5.41) is 8.52. The summed E-state index contributed by atoms with van der Waals surface area (Å²) in [5.41, 5.74) is 2.02. The molecule has 1 fully saturated rings. The largest absolute Gasteiger partial charge is 0.290 e. The number of hydrogen-bond acceptors (Lipinski definition) is 6. The van der Waals surface area contributed by atoms with Gasteiger partial charge in [0.25, 0.3) is 17.4 Å². The van der Waals surface area contributed by atoms with Gasteiger partial charge in [-0.3, -0.25) is 23.6 Å². The number of amides is 2. The van der Waals surface area contributed by atoms with E-state index < -0.39 is 0 Å². The van der Waals surface area contributed by atoms with Crippen LogP contribution < -0.4 is 5.56 Å². The van der Waals surface area contributed by atoms with Crippen molar-refractivity contribution in [2.75, 3.05) is 19.3 Å². The molecule has 0 radical (unpaired) electrons. The fraction of sp³-hybridized carbons (Fsp3) is 0.318. The lowest BCUT2D eigenvalue weighted by Crippen LogP contribution is -2.44. The average Bonchev–Trinajstić information content (AvgIpc) is 3.38. The van der Waals surface area contributed by atoms with Crippen molar-refractivity contribution in [3.63, 3.8) is 0 Å². The fourth-order valence-electron chi connectivity index (χ4n) is 3.84. The molecule has 0 atom stereocenters. The molecule has 0 spiro atoms. The Hall–Kier alpha value is -3.11. The molecule has 2 amide bonds. The molecule has 4 rings (SSSR count). The van der Waals surface area contributed by atoms with E-state index in [0.29, 0.717) is 57.5 Å². The Morgan fingerprint density at radius 2 is 1.91 bits per heavy atom. The molecule has 33 heavy (non-hydrogen) atoms. The van der Waals surface area contributed by atoms with E-state index in [4.69, 9.17) is 11.6 Å². The maximum absolute atomic E-state index is 13.3. The molecule has 0 aliphatic carbocycles. The molecule has 172 valence electrons. The number of halogens is 1. The molecule has 3 aromatic rings. The second-order valence-corrected chi connectivity index (χ2v) is 8.82. The van der Waals surface area contributed by atoms with Gasteiger partial charge in [0.2, 0.25) is 0 Å². The highest BCUT2D eigenvalue weighted by atomic mass is 35.5. The minimum atomic E-state index is -0.322. The van der Waals surface area contributed by atoms with Crippen LogP contribution in [0.3, 0.4) is 0 Å². The van der Waals surface area contributed by atoms with Gasteiger partial charge in [0.15, 0.2) is 5.16 Å². The SMILES string of the molecule is CSc1nc2cc(C(=O)N3CCCN3C(=O)/C=C/c3c(C)nn(C)c3Cl)ccc2c(=O)n1C. The van der Waals surface area contributed by atoms with Crippen molar-refractivity contribution < 1.29 is 9.59 Å². The molecule has 11 heteroatoms. The molecule has 1 aliphatic rings. The number of fused-ring (bicyclic) bond motifs is 1. The van der Waals surface area contributed by atoms with Crippen LogP contribution in [-0.2, 0) is 18.9 Å². The highest BCUT2D eigenvalue weighted by Gasteiger charge is 2.30. The number of carbonyl (C=O) groups is 2. The minimum absolute atomic E-state index is 0.171. The summed E-state index contributed by atoms with van der Waals surface area (Å²) >= 11 is 7.59. The van der Waals surface area contributed by atoms with E-state index in [1.54, 1.807) is 38.4 Å². The van der Waals surface area contributed by atoms with E-state index in [1.165, 1.54) is 37.1 Å². The summed E-state index contributed by atoms with van der Waals surface area (Å²) in [6.45, 7) is 2.66. The van der Waals surface area contributed by atoms with E-state index >= 15 is 0 Å². The summed E-state index contributed by atoms with van der Waals surface area (Å²) in [6.07, 6.45) is 5.52. The Bertz CT molecular complexity index is 1360. The molecule has 2 aromatic heterocycles. The van der Waals surface area contributed by atoms with E-state index in [0.717, 1.165) is 0 Å². The van der Waals surface area contributed by atoms with Crippen LogP contribution in [0, 0.1) is 6.92 Å². The monoisotopic (exact) mass is 486 g/mol. The Morgan fingerprint density at radius 3 is 2.58 bits per heavy atom. The summed E-state index contributed by atoms with van der Waals surface area (Å²) < 4.78 is 3.02. The molecular formula is C22H23ClN6O3S. The molecular weight excluding hydrogens is 464 g/mol. The van der Waals surface area contributed by atoms with Crippen molar-refractivity contribution in [1.82, 2.24) is 29.3 Å². The molecule has 0 bridgehead atoms. The number of rotatable bonds is 4. The van der Waals surface area contributed by atoms with Crippen LogP contribution in [0.25, 0.3) is 17.0 Å². The van der Waals surface area contributed by atoms with Gasteiger partial charge in [-0.1, -0.05) is 23.4 Å². The van der Waals surface area contributed by atoms with Gasteiger partial charge in [-0.05, 0) is 43.9 Å². The van der Waals surface area contributed by atoms with Crippen LogP contribution in [0.2, 0.25) is 5.15 Å². The molecule has 0 unspecified atom stereocenters. The van der Waals surface area contributed by atoms with Crippen molar-refractivity contribution >= 4 is 52.2 Å². The van der Waals surface area contributed by atoms with Gasteiger partial charge >= 0.3 is 0 Å². The number of nitrogens with zero attached hydrogens (tertiary/aromatic N) is 6. The summed E-state index contributed by atoms with van der Waals surface area (Å²) in [6, 6.07) is 4.81. The van der Waals surface area contributed by atoms with E-state index in [2.05, 4.69) is 10.1 Å². The zero-order valence-corrected chi connectivity index (χ0v) is 20.3. The highest BCUT2D eigenvalue weighted by Crippen LogP contribution is 2.22. The predicted octanol–water partition coefficient (Wildman–Crippen LogP) is 2.65. The quantitative estimate of drug-likeness (QED) is 0.320. The summed E-state index contributed by atoms with van der Waals surface area (Å²) in [4.78, 5) is 43.2. The normalized spacial score (nSPS) is 14.1. The first-order valence-electron chi connectivity index (χ1n) is 10.3. The Kier molecular flexibility index (Phi) is 6.31. The van der Waals surface area contributed by atoms with Gasteiger partial charge in [0.05, 0.1) is 16.6 Å². The molecule has 0 N–H and O–H groups in total.